The summed E-state index contributed by atoms with van der Waals surface area (Å²) in [6.45, 7) is 0. The van der Waals surface area contributed by atoms with E-state index in [1.165, 1.54) is 11.8 Å². The molecule has 0 bridgehead atoms. The van der Waals surface area contributed by atoms with Gasteiger partial charge in [-0.1, -0.05) is 42.1 Å². The third kappa shape index (κ3) is 4.48. The van der Waals surface area contributed by atoms with E-state index in [0.717, 1.165) is 29.7 Å². The highest BCUT2D eigenvalue weighted by Gasteiger charge is 2.16. The maximum absolute atomic E-state index is 12.6. The van der Waals surface area contributed by atoms with Crippen molar-refractivity contribution in [3.63, 3.8) is 0 Å². The van der Waals surface area contributed by atoms with E-state index in [1.54, 1.807) is 12.1 Å². The number of ketones is 1. The van der Waals surface area contributed by atoms with Gasteiger partial charge in [0.1, 0.15) is 0 Å². The van der Waals surface area contributed by atoms with Gasteiger partial charge in [0, 0.05) is 17.7 Å². The van der Waals surface area contributed by atoms with Gasteiger partial charge in [0.2, 0.25) is 11.8 Å². The maximum Gasteiger partial charge on any atom is 0.277 e. The SMILES string of the molecule is O=C1CCCc2cc(C(=O)CSc3nnc(Cc4ccccc4)o3)ccc2N1. The van der Waals surface area contributed by atoms with Crippen molar-refractivity contribution < 1.29 is 14.0 Å². The summed E-state index contributed by atoms with van der Waals surface area (Å²) < 4.78 is 5.63. The summed E-state index contributed by atoms with van der Waals surface area (Å²) in [7, 11) is 0. The molecule has 142 valence electrons. The van der Waals surface area contributed by atoms with Gasteiger partial charge in [-0.2, -0.15) is 0 Å². The molecule has 0 spiro atoms. The molecule has 28 heavy (non-hydrogen) atoms. The second kappa shape index (κ2) is 8.39. The summed E-state index contributed by atoms with van der Waals surface area (Å²) in [4.78, 5) is 24.2. The fraction of sp³-hybridized carbons (Fsp3) is 0.238. The number of anilines is 1. The van der Waals surface area contributed by atoms with Crippen LogP contribution in [0.5, 0.6) is 0 Å². The minimum Gasteiger partial charge on any atom is -0.416 e. The van der Waals surface area contributed by atoms with Gasteiger partial charge in [-0.15, -0.1) is 10.2 Å². The molecule has 0 saturated heterocycles. The van der Waals surface area contributed by atoms with Crippen LogP contribution in [0.2, 0.25) is 0 Å². The Balaban J connectivity index is 1.37. The van der Waals surface area contributed by atoms with E-state index in [0.29, 0.717) is 29.5 Å². The van der Waals surface area contributed by atoms with Crippen molar-refractivity contribution in [3.05, 3.63) is 71.1 Å². The molecule has 0 radical (unpaired) electrons. The Hall–Kier alpha value is -2.93. The van der Waals surface area contributed by atoms with E-state index in [2.05, 4.69) is 15.5 Å². The average Bonchev–Trinajstić information content (AvgIpc) is 3.06. The van der Waals surface area contributed by atoms with Gasteiger partial charge in [0.05, 0.1) is 12.2 Å². The van der Waals surface area contributed by atoms with Crippen LogP contribution in [0, 0.1) is 0 Å². The normalized spacial score (nSPS) is 13.5. The molecule has 7 heteroatoms. The van der Waals surface area contributed by atoms with Crippen LogP contribution >= 0.6 is 11.8 Å². The number of benzene rings is 2. The van der Waals surface area contributed by atoms with Crippen LogP contribution in [0.15, 0.2) is 58.2 Å². The Kier molecular flexibility index (Phi) is 5.53. The van der Waals surface area contributed by atoms with Crippen molar-refractivity contribution in [2.75, 3.05) is 11.1 Å². The molecule has 0 unspecified atom stereocenters. The van der Waals surface area contributed by atoms with E-state index in [9.17, 15) is 9.59 Å². The summed E-state index contributed by atoms with van der Waals surface area (Å²) in [6.07, 6.45) is 2.65. The van der Waals surface area contributed by atoms with Crippen LogP contribution in [0.3, 0.4) is 0 Å². The zero-order valence-electron chi connectivity index (χ0n) is 15.2. The van der Waals surface area contributed by atoms with Gasteiger partial charge in [-0.25, -0.2) is 0 Å². The first-order valence-corrected chi connectivity index (χ1v) is 10.1. The molecule has 4 rings (SSSR count). The lowest BCUT2D eigenvalue weighted by Crippen LogP contribution is -2.10. The van der Waals surface area contributed by atoms with Crippen LogP contribution in [-0.2, 0) is 17.6 Å². The lowest BCUT2D eigenvalue weighted by molar-refractivity contribution is -0.116. The maximum atomic E-state index is 12.6. The van der Waals surface area contributed by atoms with Crippen LogP contribution in [0.25, 0.3) is 0 Å². The van der Waals surface area contributed by atoms with Crippen LogP contribution < -0.4 is 5.32 Å². The second-order valence-corrected chi connectivity index (χ2v) is 7.54. The topological polar surface area (TPSA) is 85.1 Å². The predicted molar refractivity (Wildman–Crippen MR) is 107 cm³/mol. The summed E-state index contributed by atoms with van der Waals surface area (Å²) in [5, 5.41) is 11.3. The molecule has 0 fully saturated rings. The zero-order valence-corrected chi connectivity index (χ0v) is 16.0. The molecule has 1 aliphatic heterocycles. The molecule has 1 amide bonds. The molecule has 0 aliphatic carbocycles. The van der Waals surface area contributed by atoms with Gasteiger partial charge >= 0.3 is 0 Å². The minimum absolute atomic E-state index is 0.00816. The Morgan fingerprint density at radius 1 is 1.11 bits per heavy atom. The number of carbonyl (C=O) groups is 2. The molecule has 3 aromatic rings. The highest BCUT2D eigenvalue weighted by Crippen LogP contribution is 2.25. The lowest BCUT2D eigenvalue weighted by atomic mass is 10.0. The van der Waals surface area contributed by atoms with E-state index in [4.69, 9.17) is 4.42 Å². The number of hydrogen-bond acceptors (Lipinski definition) is 6. The number of thioether (sulfide) groups is 1. The zero-order chi connectivity index (χ0) is 19.3. The highest BCUT2D eigenvalue weighted by molar-refractivity contribution is 7.99. The minimum atomic E-state index is -0.00816. The Morgan fingerprint density at radius 2 is 1.96 bits per heavy atom. The fourth-order valence-electron chi connectivity index (χ4n) is 3.10. The molecule has 0 atom stereocenters. The number of amides is 1. The van der Waals surface area contributed by atoms with Crippen molar-refractivity contribution in [1.29, 1.82) is 0 Å². The monoisotopic (exact) mass is 393 g/mol. The Labute approximate surface area is 166 Å². The molecule has 0 saturated carbocycles. The lowest BCUT2D eigenvalue weighted by Gasteiger charge is -2.08. The van der Waals surface area contributed by atoms with Gasteiger partial charge in [-0.05, 0) is 42.2 Å². The number of aryl methyl sites for hydroxylation is 1. The van der Waals surface area contributed by atoms with E-state index in [-0.39, 0.29) is 17.4 Å². The predicted octanol–water partition coefficient (Wildman–Crippen LogP) is 3.91. The van der Waals surface area contributed by atoms with Gasteiger partial charge in [0.25, 0.3) is 5.22 Å². The number of hydrogen-bond donors (Lipinski definition) is 1. The highest BCUT2D eigenvalue weighted by atomic mass is 32.2. The first kappa shape index (κ1) is 18.4. The van der Waals surface area contributed by atoms with Crippen molar-refractivity contribution in [2.45, 2.75) is 30.9 Å². The molecule has 1 aromatic heterocycles. The number of nitrogens with one attached hydrogen (secondary N) is 1. The first-order chi connectivity index (χ1) is 13.7. The summed E-state index contributed by atoms with van der Waals surface area (Å²) in [6, 6.07) is 15.3. The number of Topliss-reactive ketones (excluding diaryl/α,β-unsaturated/α-hetero) is 1. The van der Waals surface area contributed by atoms with Gasteiger partial charge < -0.3 is 9.73 Å². The van der Waals surface area contributed by atoms with Crippen LogP contribution in [-0.4, -0.2) is 27.6 Å². The van der Waals surface area contributed by atoms with Gasteiger partial charge in [-0.3, -0.25) is 9.59 Å². The Bertz CT molecular complexity index is 1000. The second-order valence-electron chi connectivity index (χ2n) is 6.61. The quantitative estimate of drug-likeness (QED) is 0.505. The molecule has 1 N–H and O–H groups in total. The van der Waals surface area contributed by atoms with Crippen molar-refractivity contribution in [3.8, 4) is 0 Å². The summed E-state index contributed by atoms with van der Waals surface area (Å²) in [5.74, 6) is 0.766. The number of fused-ring (bicyclic) bond motifs is 1. The molecule has 2 aromatic carbocycles. The third-order valence-electron chi connectivity index (χ3n) is 4.52. The van der Waals surface area contributed by atoms with E-state index in [1.807, 2.05) is 36.4 Å². The van der Waals surface area contributed by atoms with Crippen molar-refractivity contribution >= 4 is 29.1 Å². The smallest absolute Gasteiger partial charge is 0.277 e. The molecule has 2 heterocycles. The number of rotatable bonds is 6. The molecular formula is C21H19N3O3S. The van der Waals surface area contributed by atoms with E-state index >= 15 is 0 Å². The molecular weight excluding hydrogens is 374 g/mol. The van der Waals surface area contributed by atoms with Crippen LogP contribution in [0.1, 0.15) is 40.2 Å². The Morgan fingerprint density at radius 3 is 2.82 bits per heavy atom. The first-order valence-electron chi connectivity index (χ1n) is 9.12. The van der Waals surface area contributed by atoms with Crippen molar-refractivity contribution in [1.82, 2.24) is 10.2 Å². The summed E-state index contributed by atoms with van der Waals surface area (Å²) in [5.41, 5.74) is 3.53. The standard InChI is InChI=1S/C21H19N3O3S/c25-18(16-9-10-17-15(12-16)7-4-8-19(26)22-17)13-28-21-24-23-20(27-21)11-14-5-2-1-3-6-14/h1-3,5-6,9-10,12H,4,7-8,11,13H2,(H,22,26). The third-order valence-corrected chi connectivity index (χ3v) is 5.34. The van der Waals surface area contributed by atoms with Crippen molar-refractivity contribution in [2.24, 2.45) is 0 Å². The van der Waals surface area contributed by atoms with E-state index < -0.39 is 0 Å². The largest absolute Gasteiger partial charge is 0.416 e. The number of nitrogens with zero attached hydrogens (tertiary/aromatic N) is 2. The van der Waals surface area contributed by atoms with Gasteiger partial charge in [0.15, 0.2) is 5.78 Å². The molecule has 1 aliphatic rings. The number of aromatic nitrogens is 2. The number of carbonyl (C=O) groups excluding carboxylic acids is 2. The van der Waals surface area contributed by atoms with Crippen LogP contribution in [0.4, 0.5) is 5.69 Å². The average molecular weight is 393 g/mol. The summed E-state index contributed by atoms with van der Waals surface area (Å²) >= 11 is 1.24. The molecule has 6 nitrogen and oxygen atoms in total. The fourth-order valence-corrected chi connectivity index (χ4v) is 3.77.